The fourth-order valence-corrected chi connectivity index (χ4v) is 3.46. The Hall–Kier alpha value is -1.61. The van der Waals surface area contributed by atoms with Crippen LogP contribution in [-0.2, 0) is 16.0 Å². The first-order valence-corrected chi connectivity index (χ1v) is 7.82. The SMILES string of the molecule is O=C1CC2C(C=CC(O)CCc3ccccc3)CCC2O1. The summed E-state index contributed by atoms with van der Waals surface area (Å²) in [5.74, 6) is 0.649. The molecule has 1 aromatic carbocycles. The van der Waals surface area contributed by atoms with Crippen molar-refractivity contribution in [3.8, 4) is 0 Å². The molecule has 0 amide bonds. The number of benzene rings is 1. The van der Waals surface area contributed by atoms with Crippen molar-refractivity contribution in [2.24, 2.45) is 11.8 Å². The van der Waals surface area contributed by atoms with Gasteiger partial charge in [-0.3, -0.25) is 4.79 Å². The summed E-state index contributed by atoms with van der Waals surface area (Å²) in [6.45, 7) is 0. The number of ether oxygens (including phenoxy) is 1. The summed E-state index contributed by atoms with van der Waals surface area (Å²) in [4.78, 5) is 11.3. The molecule has 1 saturated heterocycles. The Morgan fingerprint density at radius 2 is 2.10 bits per heavy atom. The highest BCUT2D eigenvalue weighted by atomic mass is 16.5. The Morgan fingerprint density at radius 3 is 2.90 bits per heavy atom. The number of rotatable bonds is 5. The van der Waals surface area contributed by atoms with Crippen molar-refractivity contribution in [3.63, 3.8) is 0 Å². The smallest absolute Gasteiger partial charge is 0.306 e. The summed E-state index contributed by atoms with van der Waals surface area (Å²) in [7, 11) is 0. The maximum atomic E-state index is 11.3. The van der Waals surface area contributed by atoms with E-state index in [4.69, 9.17) is 4.74 Å². The second-order valence-corrected chi connectivity index (χ2v) is 6.11. The molecule has 3 heteroatoms. The Labute approximate surface area is 125 Å². The number of allylic oxidation sites excluding steroid dienone is 1. The van der Waals surface area contributed by atoms with Gasteiger partial charge < -0.3 is 9.84 Å². The zero-order valence-electron chi connectivity index (χ0n) is 12.2. The predicted octanol–water partition coefficient (Wildman–Crippen LogP) is 2.88. The van der Waals surface area contributed by atoms with Crippen LogP contribution in [0, 0.1) is 11.8 Å². The van der Waals surface area contributed by atoms with E-state index in [2.05, 4.69) is 18.2 Å². The third kappa shape index (κ3) is 3.53. The van der Waals surface area contributed by atoms with Crippen molar-refractivity contribution in [1.29, 1.82) is 0 Å². The van der Waals surface area contributed by atoms with Gasteiger partial charge in [0.1, 0.15) is 6.10 Å². The second-order valence-electron chi connectivity index (χ2n) is 6.11. The fourth-order valence-electron chi connectivity index (χ4n) is 3.46. The maximum absolute atomic E-state index is 11.3. The molecule has 0 bridgehead atoms. The molecule has 1 aliphatic heterocycles. The molecule has 4 atom stereocenters. The van der Waals surface area contributed by atoms with Gasteiger partial charge in [0.25, 0.3) is 0 Å². The number of hydrogen-bond donors (Lipinski definition) is 1. The zero-order chi connectivity index (χ0) is 14.7. The lowest BCUT2D eigenvalue weighted by molar-refractivity contribution is -0.141. The van der Waals surface area contributed by atoms with E-state index in [1.165, 1.54) is 5.56 Å². The highest BCUT2D eigenvalue weighted by Crippen LogP contribution is 2.41. The lowest BCUT2D eigenvalue weighted by atomic mass is 9.92. The average Bonchev–Trinajstić information content (AvgIpc) is 3.03. The molecule has 4 unspecified atom stereocenters. The van der Waals surface area contributed by atoms with Gasteiger partial charge in [-0.25, -0.2) is 0 Å². The van der Waals surface area contributed by atoms with Gasteiger partial charge in [-0.05, 0) is 37.2 Å². The van der Waals surface area contributed by atoms with Crippen LogP contribution in [0.25, 0.3) is 0 Å². The summed E-state index contributed by atoms with van der Waals surface area (Å²) < 4.78 is 5.29. The number of aliphatic hydroxyl groups excluding tert-OH is 1. The van der Waals surface area contributed by atoms with E-state index in [0.29, 0.717) is 18.3 Å². The average molecular weight is 286 g/mol. The van der Waals surface area contributed by atoms with Gasteiger partial charge in [0.15, 0.2) is 0 Å². The molecule has 1 saturated carbocycles. The molecule has 2 aliphatic rings. The summed E-state index contributed by atoms with van der Waals surface area (Å²) in [6.07, 6.45) is 7.88. The Balaban J connectivity index is 1.48. The van der Waals surface area contributed by atoms with Gasteiger partial charge in [-0.1, -0.05) is 42.5 Å². The van der Waals surface area contributed by atoms with E-state index < -0.39 is 6.10 Å². The van der Waals surface area contributed by atoms with Crippen LogP contribution < -0.4 is 0 Å². The van der Waals surface area contributed by atoms with Gasteiger partial charge in [-0.2, -0.15) is 0 Å². The van der Waals surface area contributed by atoms with Crippen LogP contribution in [0.15, 0.2) is 42.5 Å². The van der Waals surface area contributed by atoms with Crippen molar-refractivity contribution in [3.05, 3.63) is 48.0 Å². The van der Waals surface area contributed by atoms with Crippen LogP contribution >= 0.6 is 0 Å². The molecule has 0 radical (unpaired) electrons. The normalized spacial score (nSPS) is 29.6. The molecule has 1 aliphatic carbocycles. The Kier molecular flexibility index (Phi) is 4.39. The first-order chi connectivity index (χ1) is 10.2. The van der Waals surface area contributed by atoms with Crippen molar-refractivity contribution in [2.45, 2.75) is 44.3 Å². The maximum Gasteiger partial charge on any atom is 0.306 e. The molecule has 3 nitrogen and oxygen atoms in total. The minimum absolute atomic E-state index is 0.0623. The monoisotopic (exact) mass is 286 g/mol. The molecule has 1 N–H and O–H groups in total. The Bertz CT molecular complexity index is 508. The number of esters is 1. The number of carbonyl (C=O) groups excluding carboxylic acids is 1. The van der Waals surface area contributed by atoms with E-state index in [1.54, 1.807) is 0 Å². The second kappa shape index (κ2) is 6.44. The van der Waals surface area contributed by atoms with E-state index in [1.807, 2.05) is 24.3 Å². The van der Waals surface area contributed by atoms with Crippen LogP contribution in [0.1, 0.15) is 31.2 Å². The summed E-state index contributed by atoms with van der Waals surface area (Å²) >= 11 is 0. The van der Waals surface area contributed by atoms with Gasteiger partial charge in [-0.15, -0.1) is 0 Å². The topological polar surface area (TPSA) is 46.5 Å². The third-order valence-electron chi connectivity index (χ3n) is 4.65. The van der Waals surface area contributed by atoms with Crippen molar-refractivity contribution < 1.29 is 14.6 Å². The van der Waals surface area contributed by atoms with E-state index in [-0.39, 0.29) is 12.1 Å². The standard InChI is InChI=1S/C18H22O3/c19-15(9-6-13-4-2-1-3-5-13)10-7-14-8-11-17-16(14)12-18(20)21-17/h1-5,7,10,14-17,19H,6,8-9,11-12H2. The van der Waals surface area contributed by atoms with Gasteiger partial charge >= 0.3 is 5.97 Å². The minimum Gasteiger partial charge on any atom is -0.462 e. The fraction of sp³-hybridized carbons (Fsp3) is 0.500. The van der Waals surface area contributed by atoms with Crippen LogP contribution in [-0.4, -0.2) is 23.3 Å². The first-order valence-electron chi connectivity index (χ1n) is 7.82. The quantitative estimate of drug-likeness (QED) is 0.669. The van der Waals surface area contributed by atoms with Crippen molar-refractivity contribution in [1.82, 2.24) is 0 Å². The van der Waals surface area contributed by atoms with Crippen molar-refractivity contribution in [2.75, 3.05) is 0 Å². The van der Waals surface area contributed by atoms with E-state index >= 15 is 0 Å². The highest BCUT2D eigenvalue weighted by molar-refractivity contribution is 5.72. The molecule has 1 aromatic rings. The Morgan fingerprint density at radius 1 is 1.29 bits per heavy atom. The van der Waals surface area contributed by atoms with Crippen molar-refractivity contribution >= 4 is 5.97 Å². The first kappa shape index (κ1) is 14.3. The number of fused-ring (bicyclic) bond motifs is 1. The number of aryl methyl sites for hydroxylation is 1. The van der Waals surface area contributed by atoms with Crippen LogP contribution in [0.4, 0.5) is 0 Å². The highest BCUT2D eigenvalue weighted by Gasteiger charge is 2.43. The molecule has 21 heavy (non-hydrogen) atoms. The van der Waals surface area contributed by atoms with E-state index in [9.17, 15) is 9.90 Å². The number of carbonyl (C=O) groups is 1. The molecule has 3 rings (SSSR count). The van der Waals surface area contributed by atoms with E-state index in [0.717, 1.165) is 25.7 Å². The minimum atomic E-state index is -0.415. The van der Waals surface area contributed by atoms with Gasteiger partial charge in [0.05, 0.1) is 12.5 Å². The van der Waals surface area contributed by atoms with Crippen LogP contribution in [0.3, 0.4) is 0 Å². The summed E-state index contributed by atoms with van der Waals surface area (Å²) in [5.41, 5.74) is 1.25. The number of hydrogen-bond acceptors (Lipinski definition) is 3. The molecule has 1 heterocycles. The zero-order valence-corrected chi connectivity index (χ0v) is 12.2. The van der Waals surface area contributed by atoms with Gasteiger partial charge in [0, 0.05) is 5.92 Å². The molecular weight excluding hydrogens is 264 g/mol. The summed E-state index contributed by atoms with van der Waals surface area (Å²) in [6, 6.07) is 10.2. The lowest BCUT2D eigenvalue weighted by Gasteiger charge is -2.12. The molecular formula is C18H22O3. The van der Waals surface area contributed by atoms with Crippen LogP contribution in [0.5, 0.6) is 0 Å². The molecule has 112 valence electrons. The molecule has 2 fully saturated rings. The predicted molar refractivity (Wildman–Crippen MR) is 80.6 cm³/mol. The summed E-state index contributed by atoms with van der Waals surface area (Å²) in [5, 5.41) is 10.1. The molecule has 0 aromatic heterocycles. The number of aliphatic hydroxyl groups is 1. The third-order valence-corrected chi connectivity index (χ3v) is 4.65. The largest absolute Gasteiger partial charge is 0.462 e. The van der Waals surface area contributed by atoms with Crippen LogP contribution in [0.2, 0.25) is 0 Å². The van der Waals surface area contributed by atoms with Gasteiger partial charge in [0.2, 0.25) is 0 Å². The lowest BCUT2D eigenvalue weighted by Crippen LogP contribution is -2.13. The molecule has 0 spiro atoms.